The Labute approximate surface area is 139 Å². The minimum absolute atomic E-state index is 0.142. The Balaban J connectivity index is 1.60. The van der Waals surface area contributed by atoms with Gasteiger partial charge < -0.3 is 14.8 Å². The molecule has 1 fully saturated rings. The fraction of sp³-hybridized carbons (Fsp3) is 0.412. The maximum Gasteiger partial charge on any atom is 0.224 e. The third-order valence-corrected chi connectivity index (χ3v) is 4.41. The van der Waals surface area contributed by atoms with E-state index in [1.807, 2.05) is 30.6 Å². The molecule has 1 N–H and O–H groups in total. The fourth-order valence-electron chi connectivity index (χ4n) is 2.96. The van der Waals surface area contributed by atoms with Gasteiger partial charge in [-0.25, -0.2) is 13.8 Å². The molecule has 0 aliphatic heterocycles. The summed E-state index contributed by atoms with van der Waals surface area (Å²) in [7, 11) is 5.67. The minimum atomic E-state index is -0.871. The molecule has 0 spiro atoms. The average Bonchev–Trinajstić information content (AvgIpc) is 3.24. The highest BCUT2D eigenvalue weighted by Crippen LogP contribution is 2.48. The zero-order chi connectivity index (χ0) is 17.4. The molecule has 0 radical (unpaired) electrons. The first-order valence-corrected chi connectivity index (χ1v) is 7.79. The van der Waals surface area contributed by atoms with Gasteiger partial charge in [0.15, 0.2) is 11.6 Å². The van der Waals surface area contributed by atoms with Crippen LogP contribution >= 0.6 is 0 Å². The van der Waals surface area contributed by atoms with Crippen molar-refractivity contribution in [1.29, 1.82) is 0 Å². The van der Waals surface area contributed by atoms with Gasteiger partial charge in [-0.15, -0.1) is 0 Å². The Kier molecular flexibility index (Phi) is 4.26. The van der Waals surface area contributed by atoms with Crippen LogP contribution in [0, 0.1) is 17.6 Å². The number of carbonyl (C=O) groups excluding carboxylic acids is 1. The summed E-state index contributed by atoms with van der Waals surface area (Å²) in [5.74, 6) is -1.61. The third-order valence-electron chi connectivity index (χ3n) is 4.41. The van der Waals surface area contributed by atoms with Crippen LogP contribution in [-0.4, -0.2) is 29.6 Å². The molecular formula is C17H20F2N4O. The van der Waals surface area contributed by atoms with Crippen LogP contribution < -0.4 is 10.2 Å². The largest absolute Gasteiger partial charge is 0.350 e. The van der Waals surface area contributed by atoms with E-state index < -0.39 is 11.6 Å². The van der Waals surface area contributed by atoms with Crippen LogP contribution in [0.2, 0.25) is 0 Å². The zero-order valence-electron chi connectivity index (χ0n) is 13.9. The van der Waals surface area contributed by atoms with E-state index in [9.17, 15) is 13.6 Å². The number of rotatable bonds is 5. The van der Waals surface area contributed by atoms with E-state index in [-0.39, 0.29) is 23.3 Å². The van der Waals surface area contributed by atoms with Crippen LogP contribution in [0.4, 0.5) is 14.7 Å². The molecule has 24 heavy (non-hydrogen) atoms. The second-order valence-electron chi connectivity index (χ2n) is 6.31. The standard InChI is InChI=1S/C17H20F2N4O/c1-22(2)17-21-9-10(23(17)3)8-20-16(24)13-7-12(13)11-5-4-6-14(18)15(11)19/h4-6,9,12-13H,7-8H2,1-3H3,(H,20,24)/t12-,13+/m1/s1. The van der Waals surface area contributed by atoms with E-state index in [4.69, 9.17) is 0 Å². The van der Waals surface area contributed by atoms with Crippen LogP contribution in [0.1, 0.15) is 23.6 Å². The predicted octanol–water partition coefficient (Wildman–Crippen LogP) is 2.18. The number of nitrogens with zero attached hydrogens (tertiary/aromatic N) is 3. The van der Waals surface area contributed by atoms with Crippen LogP contribution in [0.5, 0.6) is 0 Å². The number of nitrogens with one attached hydrogen (secondary N) is 1. The molecule has 1 aromatic heterocycles. The first-order valence-electron chi connectivity index (χ1n) is 7.79. The van der Waals surface area contributed by atoms with Crippen molar-refractivity contribution < 1.29 is 13.6 Å². The molecular weight excluding hydrogens is 314 g/mol. The summed E-state index contributed by atoms with van der Waals surface area (Å²) in [6.45, 7) is 0.352. The molecule has 0 saturated heterocycles. The minimum Gasteiger partial charge on any atom is -0.350 e. The van der Waals surface area contributed by atoms with Crippen molar-refractivity contribution in [2.24, 2.45) is 13.0 Å². The van der Waals surface area contributed by atoms with E-state index in [1.165, 1.54) is 6.07 Å². The number of amides is 1. The Hall–Kier alpha value is -2.44. The molecule has 128 valence electrons. The third kappa shape index (κ3) is 2.98. The summed E-state index contributed by atoms with van der Waals surface area (Å²) in [5, 5.41) is 2.85. The number of hydrogen-bond acceptors (Lipinski definition) is 3. The van der Waals surface area contributed by atoms with E-state index in [0.717, 1.165) is 17.7 Å². The summed E-state index contributed by atoms with van der Waals surface area (Å²) < 4.78 is 29.0. The van der Waals surface area contributed by atoms with Gasteiger partial charge in [-0.3, -0.25) is 4.79 Å². The SMILES string of the molecule is CN(C)c1ncc(CNC(=O)[C@H]2C[C@@H]2c2cccc(F)c2F)n1C. The Morgan fingerprint density at radius 3 is 2.83 bits per heavy atom. The maximum atomic E-state index is 13.8. The normalized spacial score (nSPS) is 19.2. The smallest absolute Gasteiger partial charge is 0.224 e. The summed E-state index contributed by atoms with van der Waals surface area (Å²) in [6, 6.07) is 4.10. The molecule has 2 atom stereocenters. The second kappa shape index (κ2) is 6.22. The second-order valence-corrected chi connectivity index (χ2v) is 6.31. The molecule has 5 nitrogen and oxygen atoms in total. The number of anilines is 1. The van der Waals surface area contributed by atoms with Crippen molar-refractivity contribution >= 4 is 11.9 Å². The monoisotopic (exact) mass is 334 g/mol. The number of hydrogen-bond donors (Lipinski definition) is 1. The lowest BCUT2D eigenvalue weighted by molar-refractivity contribution is -0.122. The number of halogens is 2. The van der Waals surface area contributed by atoms with Gasteiger partial charge >= 0.3 is 0 Å². The highest BCUT2D eigenvalue weighted by Gasteiger charge is 2.45. The molecule has 1 saturated carbocycles. The highest BCUT2D eigenvalue weighted by atomic mass is 19.2. The Morgan fingerprint density at radius 1 is 1.42 bits per heavy atom. The van der Waals surface area contributed by atoms with E-state index >= 15 is 0 Å². The van der Waals surface area contributed by atoms with Crippen LogP contribution in [0.25, 0.3) is 0 Å². The molecule has 1 aromatic carbocycles. The van der Waals surface area contributed by atoms with Crippen molar-refractivity contribution in [3.05, 3.63) is 47.3 Å². The zero-order valence-corrected chi connectivity index (χ0v) is 13.9. The summed E-state index contributed by atoms with van der Waals surface area (Å²) >= 11 is 0. The molecule has 3 rings (SSSR count). The number of benzene rings is 1. The van der Waals surface area contributed by atoms with E-state index in [2.05, 4.69) is 10.3 Å². The molecule has 1 aliphatic rings. The lowest BCUT2D eigenvalue weighted by atomic mass is 10.1. The summed E-state index contributed by atoms with van der Waals surface area (Å²) in [6.07, 6.45) is 2.26. The van der Waals surface area contributed by atoms with E-state index in [1.54, 1.807) is 12.3 Å². The molecule has 1 heterocycles. The highest BCUT2D eigenvalue weighted by molar-refractivity contribution is 5.82. The maximum absolute atomic E-state index is 13.8. The molecule has 7 heteroatoms. The molecule has 0 unspecified atom stereocenters. The van der Waals surface area contributed by atoms with Gasteiger partial charge in [-0.2, -0.15) is 0 Å². The number of imidazole rings is 1. The lowest BCUT2D eigenvalue weighted by Crippen LogP contribution is -2.26. The topological polar surface area (TPSA) is 50.2 Å². The van der Waals surface area contributed by atoms with Crippen molar-refractivity contribution in [1.82, 2.24) is 14.9 Å². The van der Waals surface area contributed by atoms with Gasteiger partial charge in [0.2, 0.25) is 11.9 Å². The van der Waals surface area contributed by atoms with Crippen molar-refractivity contribution in [3.8, 4) is 0 Å². The van der Waals surface area contributed by atoms with Crippen molar-refractivity contribution in [2.75, 3.05) is 19.0 Å². The van der Waals surface area contributed by atoms with Gasteiger partial charge in [0.25, 0.3) is 0 Å². The van der Waals surface area contributed by atoms with Crippen LogP contribution in [0.3, 0.4) is 0 Å². The van der Waals surface area contributed by atoms with Crippen molar-refractivity contribution in [3.63, 3.8) is 0 Å². The van der Waals surface area contributed by atoms with Crippen molar-refractivity contribution in [2.45, 2.75) is 18.9 Å². The lowest BCUT2D eigenvalue weighted by Gasteiger charge is -2.13. The number of carbonyl (C=O) groups is 1. The Morgan fingerprint density at radius 2 is 2.17 bits per heavy atom. The Bertz CT molecular complexity index is 772. The van der Waals surface area contributed by atoms with Gasteiger partial charge in [0.05, 0.1) is 18.4 Å². The van der Waals surface area contributed by atoms with Crippen LogP contribution in [0.15, 0.2) is 24.4 Å². The van der Waals surface area contributed by atoms with Crippen LogP contribution in [-0.2, 0) is 18.4 Å². The fourth-order valence-corrected chi connectivity index (χ4v) is 2.96. The number of aromatic nitrogens is 2. The van der Waals surface area contributed by atoms with Gasteiger partial charge in [-0.05, 0) is 24.0 Å². The van der Waals surface area contributed by atoms with E-state index in [0.29, 0.717) is 13.0 Å². The van der Waals surface area contributed by atoms with Gasteiger partial charge in [-0.1, -0.05) is 12.1 Å². The van der Waals surface area contributed by atoms with Gasteiger partial charge in [0.1, 0.15) is 0 Å². The molecule has 2 aromatic rings. The first kappa shape index (κ1) is 16.4. The molecule has 1 aliphatic carbocycles. The molecule has 1 amide bonds. The predicted molar refractivity (Wildman–Crippen MR) is 86.6 cm³/mol. The van der Waals surface area contributed by atoms with Gasteiger partial charge in [0, 0.05) is 27.1 Å². The summed E-state index contributed by atoms with van der Waals surface area (Å²) in [5.41, 5.74) is 1.16. The first-order chi connectivity index (χ1) is 11.4. The average molecular weight is 334 g/mol. The summed E-state index contributed by atoms with van der Waals surface area (Å²) in [4.78, 5) is 18.4. The molecule has 0 bridgehead atoms. The quantitative estimate of drug-likeness (QED) is 0.912.